The van der Waals surface area contributed by atoms with Crippen LogP contribution in [-0.4, -0.2) is 41.0 Å². The van der Waals surface area contributed by atoms with Crippen LogP contribution in [0.1, 0.15) is 18.9 Å². The van der Waals surface area contributed by atoms with Gasteiger partial charge in [-0.2, -0.15) is 0 Å². The predicted molar refractivity (Wildman–Crippen MR) is 112 cm³/mol. The first kappa shape index (κ1) is 19.6. The van der Waals surface area contributed by atoms with E-state index in [2.05, 4.69) is 4.98 Å². The molecule has 28 heavy (non-hydrogen) atoms. The standard InChI is InChI=1S/C22H26N4O2/c1-4-25(15-17-9-11-18(12-10-17)24(2)3)21(27)13-14-26-16-23-20-8-6-5-7-19(20)22(26)28/h5-12,16H,4,13-15H2,1-3H3. The Hall–Kier alpha value is -3.15. The molecule has 0 bridgehead atoms. The third-order valence-electron chi connectivity index (χ3n) is 4.86. The molecule has 3 rings (SSSR count). The summed E-state index contributed by atoms with van der Waals surface area (Å²) >= 11 is 0. The molecule has 1 heterocycles. The number of aryl methyl sites for hydroxylation is 1. The van der Waals surface area contributed by atoms with Crippen molar-refractivity contribution >= 4 is 22.5 Å². The van der Waals surface area contributed by atoms with Crippen molar-refractivity contribution in [2.45, 2.75) is 26.4 Å². The molecule has 2 aromatic carbocycles. The lowest BCUT2D eigenvalue weighted by molar-refractivity contribution is -0.131. The largest absolute Gasteiger partial charge is 0.378 e. The first-order chi connectivity index (χ1) is 13.5. The fraction of sp³-hybridized carbons (Fsp3) is 0.318. The lowest BCUT2D eigenvalue weighted by atomic mass is 10.2. The number of aromatic nitrogens is 2. The number of hydrogen-bond acceptors (Lipinski definition) is 4. The van der Waals surface area contributed by atoms with E-state index in [9.17, 15) is 9.59 Å². The second-order valence-corrected chi connectivity index (χ2v) is 6.98. The molecule has 0 aliphatic carbocycles. The number of para-hydroxylation sites is 1. The van der Waals surface area contributed by atoms with E-state index in [0.717, 1.165) is 11.3 Å². The Morgan fingerprint density at radius 1 is 1.07 bits per heavy atom. The van der Waals surface area contributed by atoms with Gasteiger partial charge in [0, 0.05) is 45.8 Å². The molecule has 0 fully saturated rings. The van der Waals surface area contributed by atoms with Gasteiger partial charge in [0.05, 0.1) is 17.2 Å². The van der Waals surface area contributed by atoms with Crippen molar-refractivity contribution < 1.29 is 4.79 Å². The maximum absolute atomic E-state index is 12.7. The van der Waals surface area contributed by atoms with Crippen molar-refractivity contribution in [1.82, 2.24) is 14.5 Å². The smallest absolute Gasteiger partial charge is 0.261 e. The average Bonchev–Trinajstić information content (AvgIpc) is 2.71. The first-order valence-electron chi connectivity index (χ1n) is 9.48. The van der Waals surface area contributed by atoms with Crippen LogP contribution in [0.5, 0.6) is 0 Å². The van der Waals surface area contributed by atoms with E-state index in [1.54, 1.807) is 6.07 Å². The molecule has 0 saturated carbocycles. The number of hydrogen-bond donors (Lipinski definition) is 0. The molecule has 0 spiro atoms. The summed E-state index contributed by atoms with van der Waals surface area (Å²) in [5.74, 6) is 0.0271. The van der Waals surface area contributed by atoms with Gasteiger partial charge < -0.3 is 9.80 Å². The molecule has 1 amide bonds. The van der Waals surface area contributed by atoms with E-state index in [-0.39, 0.29) is 17.9 Å². The number of rotatable bonds is 7. The second-order valence-electron chi connectivity index (χ2n) is 6.98. The van der Waals surface area contributed by atoms with Crippen molar-refractivity contribution in [3.8, 4) is 0 Å². The highest BCUT2D eigenvalue weighted by atomic mass is 16.2. The van der Waals surface area contributed by atoms with E-state index >= 15 is 0 Å². The van der Waals surface area contributed by atoms with Crippen LogP contribution in [0.25, 0.3) is 10.9 Å². The van der Waals surface area contributed by atoms with Gasteiger partial charge in [0.25, 0.3) is 5.56 Å². The topological polar surface area (TPSA) is 58.4 Å². The first-order valence-corrected chi connectivity index (χ1v) is 9.48. The van der Waals surface area contributed by atoms with Gasteiger partial charge in [0.15, 0.2) is 0 Å². The summed E-state index contributed by atoms with van der Waals surface area (Å²) in [6, 6.07) is 15.4. The molecule has 6 nitrogen and oxygen atoms in total. The minimum Gasteiger partial charge on any atom is -0.378 e. The van der Waals surface area contributed by atoms with Gasteiger partial charge >= 0.3 is 0 Å². The zero-order chi connectivity index (χ0) is 20.1. The number of benzene rings is 2. The van der Waals surface area contributed by atoms with Crippen LogP contribution < -0.4 is 10.5 Å². The second kappa shape index (κ2) is 8.69. The van der Waals surface area contributed by atoms with E-state index in [0.29, 0.717) is 30.5 Å². The van der Waals surface area contributed by atoms with Crippen molar-refractivity contribution in [1.29, 1.82) is 0 Å². The van der Waals surface area contributed by atoms with Crippen LogP contribution in [0.15, 0.2) is 59.7 Å². The molecule has 0 N–H and O–H groups in total. The minimum atomic E-state index is -0.110. The van der Waals surface area contributed by atoms with Crippen LogP contribution >= 0.6 is 0 Å². The molecule has 0 atom stereocenters. The van der Waals surface area contributed by atoms with Gasteiger partial charge in [-0.05, 0) is 36.8 Å². The summed E-state index contributed by atoms with van der Waals surface area (Å²) < 4.78 is 1.51. The van der Waals surface area contributed by atoms with Gasteiger partial charge in [-0.25, -0.2) is 4.98 Å². The summed E-state index contributed by atoms with van der Waals surface area (Å²) in [4.78, 5) is 33.4. The van der Waals surface area contributed by atoms with E-state index in [1.807, 2.05) is 73.3 Å². The summed E-state index contributed by atoms with van der Waals surface area (Å²) in [5.41, 5.74) is 2.78. The fourth-order valence-corrected chi connectivity index (χ4v) is 3.14. The quantitative estimate of drug-likeness (QED) is 0.634. The monoisotopic (exact) mass is 378 g/mol. The van der Waals surface area contributed by atoms with E-state index in [1.165, 1.54) is 10.9 Å². The molecule has 0 saturated heterocycles. The summed E-state index contributed by atoms with van der Waals surface area (Å²) in [6.07, 6.45) is 1.79. The zero-order valence-electron chi connectivity index (χ0n) is 16.6. The molecule has 6 heteroatoms. The highest BCUT2D eigenvalue weighted by molar-refractivity contribution is 5.77. The Kier molecular flexibility index (Phi) is 6.09. The number of anilines is 1. The number of amides is 1. The SMILES string of the molecule is CCN(Cc1ccc(N(C)C)cc1)C(=O)CCn1cnc2ccccc2c1=O. The highest BCUT2D eigenvalue weighted by Crippen LogP contribution is 2.14. The Bertz CT molecular complexity index is 1010. The third-order valence-corrected chi connectivity index (χ3v) is 4.86. The van der Waals surface area contributed by atoms with Crippen LogP contribution in [0.4, 0.5) is 5.69 Å². The van der Waals surface area contributed by atoms with Crippen LogP contribution in [0.2, 0.25) is 0 Å². The Balaban J connectivity index is 1.66. The molecule has 3 aromatic rings. The van der Waals surface area contributed by atoms with Gasteiger partial charge in [0.2, 0.25) is 5.91 Å². The van der Waals surface area contributed by atoms with Gasteiger partial charge in [-0.3, -0.25) is 14.2 Å². The predicted octanol–water partition coefficient (Wildman–Crippen LogP) is 2.90. The van der Waals surface area contributed by atoms with Gasteiger partial charge in [0.1, 0.15) is 0 Å². The van der Waals surface area contributed by atoms with Gasteiger partial charge in [-0.1, -0.05) is 24.3 Å². The van der Waals surface area contributed by atoms with Crippen LogP contribution in [0, 0.1) is 0 Å². The molecule has 146 valence electrons. The number of nitrogens with zero attached hydrogens (tertiary/aromatic N) is 4. The normalized spacial score (nSPS) is 10.8. The lowest BCUT2D eigenvalue weighted by Gasteiger charge is -2.22. The van der Waals surface area contributed by atoms with Crippen molar-refractivity contribution in [2.24, 2.45) is 0 Å². The summed E-state index contributed by atoms with van der Waals surface area (Å²) in [5, 5.41) is 0.575. The molecule has 0 aliphatic heterocycles. The van der Waals surface area contributed by atoms with Crippen molar-refractivity contribution in [2.75, 3.05) is 25.5 Å². The Labute approximate surface area is 165 Å². The van der Waals surface area contributed by atoms with Crippen LogP contribution in [-0.2, 0) is 17.9 Å². The van der Waals surface area contributed by atoms with E-state index in [4.69, 9.17) is 0 Å². The summed E-state index contributed by atoms with van der Waals surface area (Å²) in [7, 11) is 4.00. The maximum Gasteiger partial charge on any atom is 0.261 e. The average molecular weight is 378 g/mol. The number of carbonyl (C=O) groups is 1. The Morgan fingerprint density at radius 3 is 2.46 bits per heavy atom. The molecule has 0 unspecified atom stereocenters. The molecular weight excluding hydrogens is 352 g/mol. The molecular formula is C22H26N4O2. The highest BCUT2D eigenvalue weighted by Gasteiger charge is 2.13. The molecule has 1 aromatic heterocycles. The minimum absolute atomic E-state index is 0.0271. The fourth-order valence-electron chi connectivity index (χ4n) is 3.14. The molecule has 0 aliphatic rings. The van der Waals surface area contributed by atoms with Crippen molar-refractivity contribution in [3.63, 3.8) is 0 Å². The van der Waals surface area contributed by atoms with Crippen LogP contribution in [0.3, 0.4) is 0 Å². The molecule has 0 radical (unpaired) electrons. The number of fused-ring (bicyclic) bond motifs is 1. The lowest BCUT2D eigenvalue weighted by Crippen LogP contribution is -2.32. The maximum atomic E-state index is 12.7. The zero-order valence-corrected chi connectivity index (χ0v) is 16.6. The number of carbonyl (C=O) groups excluding carboxylic acids is 1. The Morgan fingerprint density at radius 2 is 1.79 bits per heavy atom. The van der Waals surface area contributed by atoms with Crippen molar-refractivity contribution in [3.05, 3.63) is 70.8 Å². The summed E-state index contributed by atoms with van der Waals surface area (Å²) in [6.45, 7) is 3.48. The third kappa shape index (κ3) is 4.39. The van der Waals surface area contributed by atoms with E-state index < -0.39 is 0 Å². The van der Waals surface area contributed by atoms with Gasteiger partial charge in [-0.15, -0.1) is 0 Å².